The highest BCUT2D eigenvalue weighted by Crippen LogP contribution is 2.24. The van der Waals surface area contributed by atoms with Crippen molar-refractivity contribution in [1.29, 1.82) is 0 Å². The third-order valence-electron chi connectivity index (χ3n) is 2.68. The lowest BCUT2D eigenvalue weighted by Crippen LogP contribution is -2.12. The van der Waals surface area contributed by atoms with Crippen molar-refractivity contribution >= 4 is 11.9 Å². The standard InChI is InChI=1S/C14H12N2O4/c1-8-7-9(4-5-10(8)14(18)19)20-13-11(12(15)17)3-2-6-16-13/h2-7H,1H3,(H2,15,17)(H,18,19). The number of carboxylic acids is 1. The number of hydrogen-bond acceptors (Lipinski definition) is 4. The fourth-order valence-corrected chi connectivity index (χ4v) is 1.71. The summed E-state index contributed by atoms with van der Waals surface area (Å²) in [4.78, 5) is 26.1. The van der Waals surface area contributed by atoms with E-state index >= 15 is 0 Å². The minimum Gasteiger partial charge on any atom is -0.478 e. The van der Waals surface area contributed by atoms with Crippen LogP contribution in [0.15, 0.2) is 36.5 Å². The van der Waals surface area contributed by atoms with Crippen LogP contribution in [0.25, 0.3) is 0 Å². The van der Waals surface area contributed by atoms with Crippen LogP contribution in [0.5, 0.6) is 11.6 Å². The van der Waals surface area contributed by atoms with E-state index in [-0.39, 0.29) is 17.0 Å². The number of pyridine rings is 1. The SMILES string of the molecule is Cc1cc(Oc2ncccc2C(N)=O)ccc1C(=O)O. The second kappa shape index (κ2) is 5.40. The van der Waals surface area contributed by atoms with Crippen molar-refractivity contribution in [3.8, 4) is 11.6 Å². The largest absolute Gasteiger partial charge is 0.478 e. The van der Waals surface area contributed by atoms with Gasteiger partial charge < -0.3 is 15.6 Å². The number of aryl methyl sites for hydroxylation is 1. The Bertz CT molecular complexity index is 683. The van der Waals surface area contributed by atoms with E-state index in [9.17, 15) is 9.59 Å². The van der Waals surface area contributed by atoms with Gasteiger partial charge in [-0.3, -0.25) is 4.79 Å². The van der Waals surface area contributed by atoms with Crippen molar-refractivity contribution in [1.82, 2.24) is 4.98 Å². The molecule has 1 heterocycles. The number of carbonyl (C=O) groups excluding carboxylic acids is 1. The Balaban J connectivity index is 2.34. The molecule has 102 valence electrons. The van der Waals surface area contributed by atoms with E-state index in [2.05, 4.69) is 4.98 Å². The van der Waals surface area contributed by atoms with E-state index in [0.717, 1.165) is 0 Å². The molecule has 2 rings (SSSR count). The smallest absolute Gasteiger partial charge is 0.335 e. The van der Waals surface area contributed by atoms with E-state index in [1.807, 2.05) is 0 Å². The van der Waals surface area contributed by atoms with Gasteiger partial charge in [0.1, 0.15) is 11.3 Å². The summed E-state index contributed by atoms with van der Waals surface area (Å²) in [5.41, 5.74) is 6.12. The van der Waals surface area contributed by atoms with Crippen LogP contribution >= 0.6 is 0 Å². The topological polar surface area (TPSA) is 103 Å². The number of ether oxygens (including phenoxy) is 1. The molecule has 0 spiro atoms. The molecule has 0 saturated heterocycles. The molecule has 0 unspecified atom stereocenters. The highest BCUT2D eigenvalue weighted by Gasteiger charge is 2.12. The van der Waals surface area contributed by atoms with Gasteiger partial charge in [0.05, 0.1) is 5.56 Å². The summed E-state index contributed by atoms with van der Waals surface area (Å²) in [5, 5.41) is 8.95. The first kappa shape index (κ1) is 13.5. The number of benzene rings is 1. The highest BCUT2D eigenvalue weighted by molar-refractivity contribution is 5.95. The first-order chi connectivity index (χ1) is 9.49. The van der Waals surface area contributed by atoms with Gasteiger partial charge >= 0.3 is 5.97 Å². The monoisotopic (exact) mass is 272 g/mol. The molecule has 0 aliphatic rings. The number of amides is 1. The van der Waals surface area contributed by atoms with Gasteiger partial charge in [-0.2, -0.15) is 0 Å². The van der Waals surface area contributed by atoms with Crippen molar-refractivity contribution in [3.05, 3.63) is 53.2 Å². The van der Waals surface area contributed by atoms with Gasteiger partial charge in [-0.25, -0.2) is 9.78 Å². The third-order valence-corrected chi connectivity index (χ3v) is 2.68. The van der Waals surface area contributed by atoms with Crippen LogP contribution in [0.3, 0.4) is 0 Å². The van der Waals surface area contributed by atoms with Gasteiger partial charge in [-0.05, 0) is 42.8 Å². The van der Waals surface area contributed by atoms with Crippen LogP contribution in [0.1, 0.15) is 26.3 Å². The number of rotatable bonds is 4. The van der Waals surface area contributed by atoms with Gasteiger partial charge in [0.15, 0.2) is 0 Å². The van der Waals surface area contributed by atoms with Crippen LogP contribution in [0.4, 0.5) is 0 Å². The third kappa shape index (κ3) is 2.74. The number of carboxylic acid groups (broad SMARTS) is 1. The van der Waals surface area contributed by atoms with Gasteiger partial charge in [0, 0.05) is 6.20 Å². The molecule has 0 aliphatic carbocycles. The Labute approximate surface area is 114 Å². The molecule has 1 aromatic carbocycles. The number of hydrogen-bond donors (Lipinski definition) is 2. The summed E-state index contributed by atoms with van der Waals surface area (Å²) in [6.45, 7) is 1.66. The number of aromatic nitrogens is 1. The summed E-state index contributed by atoms with van der Waals surface area (Å²) in [6.07, 6.45) is 1.47. The molecular weight excluding hydrogens is 260 g/mol. The van der Waals surface area contributed by atoms with E-state index in [0.29, 0.717) is 11.3 Å². The molecule has 0 radical (unpaired) electrons. The Morgan fingerprint density at radius 1 is 1.25 bits per heavy atom. The molecular formula is C14H12N2O4. The van der Waals surface area contributed by atoms with Gasteiger partial charge in [0.25, 0.3) is 5.91 Å². The molecule has 0 atom stereocenters. The average molecular weight is 272 g/mol. The van der Waals surface area contributed by atoms with E-state index in [1.54, 1.807) is 19.1 Å². The first-order valence-electron chi connectivity index (χ1n) is 5.75. The zero-order valence-electron chi connectivity index (χ0n) is 10.7. The van der Waals surface area contributed by atoms with Gasteiger partial charge in [-0.15, -0.1) is 0 Å². The fourth-order valence-electron chi connectivity index (χ4n) is 1.71. The molecule has 1 amide bonds. The summed E-state index contributed by atoms with van der Waals surface area (Å²) in [6, 6.07) is 7.56. The first-order valence-corrected chi connectivity index (χ1v) is 5.75. The average Bonchev–Trinajstić information content (AvgIpc) is 2.38. The number of aromatic carboxylic acids is 1. The molecule has 0 bridgehead atoms. The van der Waals surface area contributed by atoms with E-state index in [4.69, 9.17) is 15.6 Å². The summed E-state index contributed by atoms with van der Waals surface area (Å²) in [7, 11) is 0. The maximum absolute atomic E-state index is 11.2. The molecule has 6 nitrogen and oxygen atoms in total. The molecule has 6 heteroatoms. The number of nitrogens with zero attached hydrogens (tertiary/aromatic N) is 1. The van der Waals surface area contributed by atoms with Crippen molar-refractivity contribution in [2.75, 3.05) is 0 Å². The van der Waals surface area contributed by atoms with Crippen molar-refractivity contribution in [2.45, 2.75) is 6.92 Å². The van der Waals surface area contributed by atoms with Crippen LogP contribution < -0.4 is 10.5 Å². The Kier molecular flexibility index (Phi) is 3.65. The minimum absolute atomic E-state index is 0.0856. The molecule has 2 aromatic rings. The maximum atomic E-state index is 11.2. The molecule has 20 heavy (non-hydrogen) atoms. The maximum Gasteiger partial charge on any atom is 0.335 e. The van der Waals surface area contributed by atoms with Gasteiger partial charge in [-0.1, -0.05) is 0 Å². The lowest BCUT2D eigenvalue weighted by molar-refractivity contribution is 0.0696. The lowest BCUT2D eigenvalue weighted by atomic mass is 10.1. The second-order valence-electron chi connectivity index (χ2n) is 4.10. The predicted molar refractivity (Wildman–Crippen MR) is 71.0 cm³/mol. The number of carbonyl (C=O) groups is 2. The summed E-state index contributed by atoms with van der Waals surface area (Å²) in [5.74, 6) is -1.19. The van der Waals surface area contributed by atoms with Crippen molar-refractivity contribution in [3.63, 3.8) is 0 Å². The summed E-state index contributed by atoms with van der Waals surface area (Å²) < 4.78 is 5.48. The molecule has 0 saturated carbocycles. The normalized spacial score (nSPS) is 10.1. The zero-order chi connectivity index (χ0) is 14.7. The Morgan fingerprint density at radius 3 is 2.60 bits per heavy atom. The van der Waals surface area contributed by atoms with Crippen LogP contribution in [0.2, 0.25) is 0 Å². The van der Waals surface area contributed by atoms with E-state index in [1.165, 1.54) is 24.4 Å². The van der Waals surface area contributed by atoms with E-state index < -0.39 is 11.9 Å². The highest BCUT2D eigenvalue weighted by atomic mass is 16.5. The van der Waals surface area contributed by atoms with Crippen LogP contribution in [0, 0.1) is 6.92 Å². The minimum atomic E-state index is -1.01. The second-order valence-corrected chi connectivity index (χ2v) is 4.10. The number of nitrogens with two attached hydrogens (primary N) is 1. The Hall–Kier alpha value is -2.89. The Morgan fingerprint density at radius 2 is 2.00 bits per heavy atom. The fraction of sp³-hybridized carbons (Fsp3) is 0.0714. The van der Waals surface area contributed by atoms with Crippen molar-refractivity contribution < 1.29 is 19.4 Å². The predicted octanol–water partition coefficient (Wildman–Crippen LogP) is 1.98. The molecule has 1 aromatic heterocycles. The lowest BCUT2D eigenvalue weighted by Gasteiger charge is -2.09. The molecule has 0 aliphatic heterocycles. The number of primary amides is 1. The van der Waals surface area contributed by atoms with Gasteiger partial charge in [0.2, 0.25) is 5.88 Å². The molecule has 0 fully saturated rings. The molecule has 3 N–H and O–H groups in total. The quantitative estimate of drug-likeness (QED) is 0.885. The van der Waals surface area contributed by atoms with Crippen molar-refractivity contribution in [2.24, 2.45) is 5.73 Å². The summed E-state index contributed by atoms with van der Waals surface area (Å²) >= 11 is 0. The zero-order valence-corrected chi connectivity index (χ0v) is 10.7. The van der Waals surface area contributed by atoms with Crippen LogP contribution in [-0.2, 0) is 0 Å². The van der Waals surface area contributed by atoms with Crippen LogP contribution in [-0.4, -0.2) is 22.0 Å².